The average Bonchev–Trinajstić information content (AvgIpc) is 2.78. The molecule has 1 amide bonds. The molecule has 0 spiro atoms. The van der Waals surface area contributed by atoms with Crippen molar-refractivity contribution in [3.8, 4) is 0 Å². The summed E-state index contributed by atoms with van der Waals surface area (Å²) in [4.78, 5) is 12.4. The summed E-state index contributed by atoms with van der Waals surface area (Å²) in [5, 5.41) is 6.86. The molecule has 1 aromatic rings. The minimum Gasteiger partial charge on any atom is -0.351 e. The summed E-state index contributed by atoms with van der Waals surface area (Å²) in [6.45, 7) is 4.99. The number of aryl methyl sites for hydroxylation is 1. The highest BCUT2D eigenvalue weighted by Gasteiger charge is 2.32. The van der Waals surface area contributed by atoms with Crippen molar-refractivity contribution in [1.29, 1.82) is 0 Å². The van der Waals surface area contributed by atoms with Gasteiger partial charge in [-0.25, -0.2) is 0 Å². The third-order valence-electron chi connectivity index (χ3n) is 2.90. The Morgan fingerprint density at radius 1 is 1.67 bits per heavy atom. The molecular weight excluding hydrogens is 210 g/mol. The second kappa shape index (κ2) is 4.26. The third-order valence-corrected chi connectivity index (χ3v) is 3.66. The van der Waals surface area contributed by atoms with E-state index in [9.17, 15) is 4.79 Å². The smallest absolute Gasteiger partial charge is 0.264 e. The summed E-state index contributed by atoms with van der Waals surface area (Å²) >= 11 is 1.18. The molecule has 1 saturated carbocycles. The van der Waals surface area contributed by atoms with Crippen LogP contribution >= 0.6 is 11.5 Å². The molecule has 15 heavy (non-hydrogen) atoms. The topological polar surface area (TPSA) is 54.9 Å². The molecule has 2 rings (SSSR count). The first-order chi connectivity index (χ1) is 7.22. The molecule has 1 heterocycles. The van der Waals surface area contributed by atoms with E-state index in [1.54, 1.807) is 0 Å². The molecule has 1 aromatic heterocycles. The van der Waals surface area contributed by atoms with E-state index < -0.39 is 0 Å². The number of amides is 1. The molecule has 1 N–H and O–H groups in total. The van der Waals surface area contributed by atoms with E-state index in [4.69, 9.17) is 0 Å². The number of carbonyl (C=O) groups is 1. The molecule has 4 nitrogen and oxygen atoms in total. The Balaban J connectivity index is 1.90. The molecule has 1 aliphatic rings. The molecule has 0 saturated heterocycles. The molecule has 2 atom stereocenters. The summed E-state index contributed by atoms with van der Waals surface area (Å²) in [6, 6.07) is 0. The van der Waals surface area contributed by atoms with Crippen LogP contribution in [-0.2, 0) is 6.42 Å². The maximum absolute atomic E-state index is 11.7. The molecule has 0 radical (unpaired) electrons. The normalized spacial score (nSPS) is 23.9. The Morgan fingerprint density at radius 2 is 2.40 bits per heavy atom. The van der Waals surface area contributed by atoms with Crippen molar-refractivity contribution in [2.24, 2.45) is 11.8 Å². The summed E-state index contributed by atoms with van der Waals surface area (Å²) in [7, 11) is 0. The molecule has 5 heteroatoms. The van der Waals surface area contributed by atoms with Crippen molar-refractivity contribution in [2.75, 3.05) is 6.54 Å². The summed E-state index contributed by atoms with van der Waals surface area (Å²) in [5.41, 5.74) is 0.807. The Kier molecular flexibility index (Phi) is 3.00. The van der Waals surface area contributed by atoms with Gasteiger partial charge in [0.1, 0.15) is 4.88 Å². The monoisotopic (exact) mass is 225 g/mol. The molecular formula is C10H15N3OS. The van der Waals surface area contributed by atoms with Crippen LogP contribution in [0, 0.1) is 11.8 Å². The predicted molar refractivity (Wildman–Crippen MR) is 58.9 cm³/mol. The fraction of sp³-hybridized carbons (Fsp3) is 0.700. The maximum atomic E-state index is 11.7. The lowest BCUT2D eigenvalue weighted by Gasteiger charge is -2.02. The third kappa shape index (κ3) is 2.34. The van der Waals surface area contributed by atoms with Crippen LogP contribution in [-0.4, -0.2) is 22.0 Å². The SMILES string of the molecule is CCc1nnsc1C(=O)NC[C@@H]1C[C@@H]1C. The molecule has 1 fully saturated rings. The molecule has 0 aliphatic heterocycles. The van der Waals surface area contributed by atoms with Gasteiger partial charge in [0.05, 0.1) is 5.69 Å². The number of carbonyl (C=O) groups excluding carboxylic acids is 1. The summed E-state index contributed by atoms with van der Waals surface area (Å²) in [6.07, 6.45) is 2.00. The summed E-state index contributed by atoms with van der Waals surface area (Å²) in [5.74, 6) is 1.44. The van der Waals surface area contributed by atoms with E-state index in [-0.39, 0.29) is 5.91 Å². The van der Waals surface area contributed by atoms with Crippen LogP contribution in [0.4, 0.5) is 0 Å². The Morgan fingerprint density at radius 3 is 3.00 bits per heavy atom. The minimum atomic E-state index is -0.0130. The van der Waals surface area contributed by atoms with Gasteiger partial charge in [-0.3, -0.25) is 4.79 Å². The van der Waals surface area contributed by atoms with Crippen molar-refractivity contribution in [2.45, 2.75) is 26.7 Å². The maximum Gasteiger partial charge on any atom is 0.264 e. The van der Waals surface area contributed by atoms with E-state index in [1.807, 2.05) is 6.92 Å². The van der Waals surface area contributed by atoms with Crippen LogP contribution in [0.2, 0.25) is 0 Å². The number of nitrogens with zero attached hydrogens (tertiary/aromatic N) is 2. The van der Waals surface area contributed by atoms with Gasteiger partial charge in [-0.15, -0.1) is 5.10 Å². The fourth-order valence-electron chi connectivity index (χ4n) is 1.60. The highest BCUT2D eigenvalue weighted by molar-refractivity contribution is 7.08. The Labute approximate surface area is 93.2 Å². The van der Waals surface area contributed by atoms with E-state index in [0.29, 0.717) is 10.8 Å². The highest BCUT2D eigenvalue weighted by Crippen LogP contribution is 2.36. The summed E-state index contributed by atoms with van der Waals surface area (Å²) < 4.78 is 3.80. The van der Waals surface area contributed by atoms with Gasteiger partial charge < -0.3 is 5.32 Å². The van der Waals surface area contributed by atoms with Gasteiger partial charge in [0.2, 0.25) is 0 Å². The Hall–Kier alpha value is -0.970. The number of rotatable bonds is 4. The predicted octanol–water partition coefficient (Wildman–Crippen LogP) is 1.49. The van der Waals surface area contributed by atoms with E-state index in [1.165, 1.54) is 18.0 Å². The van der Waals surface area contributed by atoms with E-state index in [0.717, 1.165) is 24.6 Å². The van der Waals surface area contributed by atoms with Crippen LogP contribution in [0.25, 0.3) is 0 Å². The molecule has 1 aliphatic carbocycles. The molecule has 0 bridgehead atoms. The van der Waals surface area contributed by atoms with Crippen LogP contribution in [0.15, 0.2) is 0 Å². The van der Waals surface area contributed by atoms with Crippen LogP contribution in [0.3, 0.4) is 0 Å². The van der Waals surface area contributed by atoms with Crippen LogP contribution < -0.4 is 5.32 Å². The zero-order valence-corrected chi connectivity index (χ0v) is 9.80. The van der Waals surface area contributed by atoms with Crippen molar-refractivity contribution in [1.82, 2.24) is 14.9 Å². The van der Waals surface area contributed by atoms with Gasteiger partial charge in [0.15, 0.2) is 0 Å². The first kappa shape index (κ1) is 10.5. The highest BCUT2D eigenvalue weighted by atomic mass is 32.1. The van der Waals surface area contributed by atoms with Gasteiger partial charge in [0, 0.05) is 6.54 Å². The van der Waals surface area contributed by atoms with E-state index in [2.05, 4.69) is 21.8 Å². The number of nitrogens with one attached hydrogen (secondary N) is 1. The van der Waals surface area contributed by atoms with Gasteiger partial charge in [-0.05, 0) is 36.2 Å². The number of hydrogen-bond donors (Lipinski definition) is 1. The van der Waals surface area contributed by atoms with Crippen LogP contribution in [0.5, 0.6) is 0 Å². The second-order valence-electron chi connectivity index (χ2n) is 4.09. The average molecular weight is 225 g/mol. The first-order valence-electron chi connectivity index (χ1n) is 5.31. The zero-order chi connectivity index (χ0) is 10.8. The number of aromatic nitrogens is 2. The largest absolute Gasteiger partial charge is 0.351 e. The van der Waals surface area contributed by atoms with Gasteiger partial charge in [0.25, 0.3) is 5.91 Å². The van der Waals surface area contributed by atoms with E-state index >= 15 is 0 Å². The lowest BCUT2D eigenvalue weighted by atomic mass is 10.3. The minimum absolute atomic E-state index is 0.0130. The first-order valence-corrected chi connectivity index (χ1v) is 6.09. The molecule has 82 valence electrons. The lowest BCUT2D eigenvalue weighted by Crippen LogP contribution is -2.25. The lowest BCUT2D eigenvalue weighted by molar-refractivity contribution is 0.0954. The Bertz CT molecular complexity index is 363. The quantitative estimate of drug-likeness (QED) is 0.844. The van der Waals surface area contributed by atoms with Crippen LogP contribution in [0.1, 0.15) is 35.6 Å². The molecule has 0 unspecified atom stereocenters. The van der Waals surface area contributed by atoms with Crippen molar-refractivity contribution >= 4 is 17.4 Å². The van der Waals surface area contributed by atoms with Gasteiger partial charge in [-0.2, -0.15) is 0 Å². The molecule has 0 aromatic carbocycles. The van der Waals surface area contributed by atoms with Crippen molar-refractivity contribution in [3.63, 3.8) is 0 Å². The standard InChI is InChI=1S/C10H15N3OS/c1-3-8-9(15-13-12-8)10(14)11-5-7-4-6(7)2/h6-7H,3-5H2,1-2H3,(H,11,14)/t6-,7-/m0/s1. The van der Waals surface area contributed by atoms with Crippen molar-refractivity contribution in [3.05, 3.63) is 10.6 Å². The van der Waals surface area contributed by atoms with Gasteiger partial charge >= 0.3 is 0 Å². The second-order valence-corrected chi connectivity index (χ2v) is 4.84. The fourth-order valence-corrected chi connectivity index (χ4v) is 2.27. The van der Waals surface area contributed by atoms with Gasteiger partial charge in [-0.1, -0.05) is 18.3 Å². The zero-order valence-electron chi connectivity index (χ0n) is 8.99. The number of hydrogen-bond acceptors (Lipinski definition) is 4. The van der Waals surface area contributed by atoms with Crippen molar-refractivity contribution < 1.29 is 4.79 Å².